The second kappa shape index (κ2) is 7.57. The van der Waals surface area contributed by atoms with E-state index in [0.29, 0.717) is 18.0 Å². The third-order valence-corrected chi connectivity index (χ3v) is 6.40. The van der Waals surface area contributed by atoms with Crippen LogP contribution in [0.2, 0.25) is 0 Å². The Morgan fingerprint density at radius 2 is 1.89 bits per heavy atom. The molecule has 0 saturated carbocycles. The van der Waals surface area contributed by atoms with Gasteiger partial charge in [-0.1, -0.05) is 23.5 Å². The van der Waals surface area contributed by atoms with Gasteiger partial charge in [0.2, 0.25) is 0 Å². The molecule has 0 bridgehead atoms. The van der Waals surface area contributed by atoms with Gasteiger partial charge in [-0.15, -0.1) is 0 Å². The summed E-state index contributed by atoms with van der Waals surface area (Å²) in [5.41, 5.74) is 2.12. The Balaban J connectivity index is 1.60. The molecule has 0 radical (unpaired) electrons. The maximum absolute atomic E-state index is 12.7. The number of rotatable bonds is 6. The van der Waals surface area contributed by atoms with E-state index in [1.165, 1.54) is 23.5 Å². The van der Waals surface area contributed by atoms with Gasteiger partial charge >= 0.3 is 0 Å². The smallest absolute Gasteiger partial charge is 0.261 e. The molecule has 0 fully saturated rings. The highest BCUT2D eigenvalue weighted by Gasteiger charge is 2.15. The van der Waals surface area contributed by atoms with Crippen molar-refractivity contribution in [2.75, 3.05) is 11.3 Å². The predicted octanol–water partition coefficient (Wildman–Crippen LogP) is 4.56. The van der Waals surface area contributed by atoms with E-state index in [2.05, 4.69) is 14.7 Å². The standard InChI is InChI=1S/C20H17N3O3S2/c1-2-26-16-8-10-17(11-9-16)28(24,25)23-15-6-3-5-14(13-15)19-22-18-7-4-12-21-20(18)27-19/h3-13,23H,2H2,1H3. The molecule has 0 spiro atoms. The predicted molar refractivity (Wildman–Crippen MR) is 111 cm³/mol. The molecule has 28 heavy (non-hydrogen) atoms. The summed E-state index contributed by atoms with van der Waals surface area (Å²) < 4.78 is 33.3. The fourth-order valence-corrected chi connectivity index (χ4v) is 4.66. The molecule has 0 unspecified atom stereocenters. The zero-order valence-corrected chi connectivity index (χ0v) is 16.6. The lowest BCUT2D eigenvalue weighted by atomic mass is 10.2. The molecule has 4 rings (SSSR count). The Labute approximate surface area is 166 Å². The van der Waals surface area contributed by atoms with Crippen LogP contribution in [0.5, 0.6) is 5.75 Å². The first kappa shape index (κ1) is 18.4. The molecule has 6 nitrogen and oxygen atoms in total. The number of hydrogen-bond acceptors (Lipinski definition) is 6. The first-order chi connectivity index (χ1) is 13.5. The Bertz CT molecular complexity index is 1190. The van der Waals surface area contributed by atoms with Gasteiger partial charge < -0.3 is 4.74 Å². The van der Waals surface area contributed by atoms with E-state index in [0.717, 1.165) is 20.9 Å². The highest BCUT2D eigenvalue weighted by atomic mass is 32.2. The van der Waals surface area contributed by atoms with Crippen molar-refractivity contribution in [3.63, 3.8) is 0 Å². The highest BCUT2D eigenvalue weighted by Crippen LogP contribution is 2.30. The van der Waals surface area contributed by atoms with Crippen molar-refractivity contribution in [2.24, 2.45) is 0 Å². The van der Waals surface area contributed by atoms with Crippen LogP contribution in [0.4, 0.5) is 5.69 Å². The topological polar surface area (TPSA) is 81.2 Å². The molecule has 8 heteroatoms. The van der Waals surface area contributed by atoms with Gasteiger partial charge in [-0.2, -0.15) is 0 Å². The van der Waals surface area contributed by atoms with Crippen LogP contribution in [0.15, 0.2) is 71.8 Å². The van der Waals surface area contributed by atoms with Crippen molar-refractivity contribution in [3.05, 3.63) is 66.9 Å². The fraction of sp³-hybridized carbons (Fsp3) is 0.100. The fourth-order valence-electron chi connectivity index (χ4n) is 2.70. The molecular weight excluding hydrogens is 394 g/mol. The second-order valence-corrected chi connectivity index (χ2v) is 8.60. The molecule has 0 atom stereocenters. The molecule has 1 N–H and O–H groups in total. The summed E-state index contributed by atoms with van der Waals surface area (Å²) in [6.45, 7) is 2.40. The Hall–Kier alpha value is -2.97. The monoisotopic (exact) mass is 411 g/mol. The Morgan fingerprint density at radius 3 is 2.64 bits per heavy atom. The van der Waals surface area contributed by atoms with Crippen LogP contribution in [-0.2, 0) is 10.0 Å². The minimum absolute atomic E-state index is 0.172. The summed E-state index contributed by atoms with van der Waals surface area (Å²) in [6.07, 6.45) is 1.73. The van der Waals surface area contributed by atoms with Gasteiger partial charge in [-0.25, -0.2) is 18.4 Å². The van der Waals surface area contributed by atoms with E-state index in [-0.39, 0.29) is 4.90 Å². The maximum atomic E-state index is 12.7. The molecule has 0 saturated heterocycles. The van der Waals surface area contributed by atoms with Crippen LogP contribution in [0, 0.1) is 0 Å². The molecule has 0 amide bonds. The van der Waals surface area contributed by atoms with Crippen LogP contribution >= 0.6 is 11.3 Å². The van der Waals surface area contributed by atoms with Crippen molar-refractivity contribution in [3.8, 4) is 16.3 Å². The number of sulfonamides is 1. The summed E-state index contributed by atoms with van der Waals surface area (Å²) in [6, 6.07) is 17.2. The Morgan fingerprint density at radius 1 is 1.07 bits per heavy atom. The summed E-state index contributed by atoms with van der Waals surface area (Å²) in [5, 5.41) is 0.788. The van der Waals surface area contributed by atoms with Crippen LogP contribution in [-0.4, -0.2) is 25.0 Å². The van der Waals surface area contributed by atoms with E-state index in [9.17, 15) is 8.42 Å². The number of anilines is 1. The van der Waals surface area contributed by atoms with Gasteiger partial charge in [0.15, 0.2) is 0 Å². The van der Waals surface area contributed by atoms with Gasteiger partial charge in [0.25, 0.3) is 10.0 Å². The van der Waals surface area contributed by atoms with E-state index in [1.54, 1.807) is 36.5 Å². The number of hydrogen-bond donors (Lipinski definition) is 1. The zero-order valence-electron chi connectivity index (χ0n) is 15.0. The molecule has 2 heterocycles. The van der Waals surface area contributed by atoms with Gasteiger partial charge in [0.05, 0.1) is 11.5 Å². The third kappa shape index (κ3) is 3.83. The minimum Gasteiger partial charge on any atom is -0.494 e. The molecule has 2 aromatic heterocycles. The highest BCUT2D eigenvalue weighted by molar-refractivity contribution is 7.92. The quantitative estimate of drug-likeness (QED) is 0.503. The lowest BCUT2D eigenvalue weighted by Gasteiger charge is -2.10. The zero-order chi connectivity index (χ0) is 19.6. The summed E-state index contributed by atoms with van der Waals surface area (Å²) in [4.78, 5) is 9.89. The van der Waals surface area contributed by atoms with Crippen LogP contribution in [0.3, 0.4) is 0 Å². The van der Waals surface area contributed by atoms with Gasteiger partial charge in [-0.3, -0.25) is 4.72 Å². The molecule has 0 aliphatic rings. The number of pyridine rings is 1. The van der Waals surface area contributed by atoms with Crippen molar-refractivity contribution in [2.45, 2.75) is 11.8 Å². The number of nitrogens with zero attached hydrogens (tertiary/aromatic N) is 2. The average Bonchev–Trinajstić information content (AvgIpc) is 3.13. The van der Waals surface area contributed by atoms with Crippen LogP contribution in [0.1, 0.15) is 6.92 Å². The first-order valence-electron chi connectivity index (χ1n) is 8.63. The van der Waals surface area contributed by atoms with Crippen molar-refractivity contribution >= 4 is 37.4 Å². The Kier molecular flexibility index (Phi) is 4.97. The number of ether oxygens (including phenoxy) is 1. The summed E-state index contributed by atoms with van der Waals surface area (Å²) in [7, 11) is -3.70. The minimum atomic E-state index is -3.70. The largest absolute Gasteiger partial charge is 0.494 e. The third-order valence-electron chi connectivity index (χ3n) is 3.97. The van der Waals surface area contributed by atoms with E-state index in [1.807, 2.05) is 25.1 Å². The number of fused-ring (bicyclic) bond motifs is 1. The van der Waals surface area contributed by atoms with E-state index in [4.69, 9.17) is 4.74 Å². The number of aromatic nitrogens is 2. The van der Waals surface area contributed by atoms with Crippen LogP contribution in [0.25, 0.3) is 20.9 Å². The molecule has 0 aliphatic carbocycles. The van der Waals surface area contributed by atoms with Crippen LogP contribution < -0.4 is 9.46 Å². The van der Waals surface area contributed by atoms with E-state index >= 15 is 0 Å². The lowest BCUT2D eigenvalue weighted by Crippen LogP contribution is -2.12. The van der Waals surface area contributed by atoms with Gasteiger partial charge in [-0.05, 0) is 55.5 Å². The van der Waals surface area contributed by atoms with Gasteiger partial charge in [0.1, 0.15) is 21.1 Å². The number of nitrogens with one attached hydrogen (secondary N) is 1. The molecule has 2 aromatic carbocycles. The SMILES string of the molecule is CCOc1ccc(S(=O)(=O)Nc2cccc(-c3nc4cccnc4s3)c2)cc1. The average molecular weight is 412 g/mol. The number of benzene rings is 2. The summed E-state index contributed by atoms with van der Waals surface area (Å²) in [5.74, 6) is 0.632. The normalized spacial score (nSPS) is 11.5. The molecule has 0 aliphatic heterocycles. The first-order valence-corrected chi connectivity index (χ1v) is 10.9. The van der Waals surface area contributed by atoms with E-state index < -0.39 is 10.0 Å². The molecular formula is C20H17N3O3S2. The van der Waals surface area contributed by atoms with Crippen molar-refractivity contribution in [1.82, 2.24) is 9.97 Å². The van der Waals surface area contributed by atoms with Gasteiger partial charge in [0, 0.05) is 17.4 Å². The lowest BCUT2D eigenvalue weighted by molar-refractivity contribution is 0.340. The molecule has 4 aromatic rings. The number of thiazole rings is 1. The molecule has 142 valence electrons. The maximum Gasteiger partial charge on any atom is 0.261 e. The summed E-state index contributed by atoms with van der Waals surface area (Å²) >= 11 is 1.47. The van der Waals surface area contributed by atoms with Crippen molar-refractivity contribution < 1.29 is 13.2 Å². The second-order valence-electron chi connectivity index (χ2n) is 5.94. The van der Waals surface area contributed by atoms with Crippen molar-refractivity contribution in [1.29, 1.82) is 0 Å².